The van der Waals surface area contributed by atoms with Gasteiger partial charge in [-0.1, -0.05) is 18.2 Å². The van der Waals surface area contributed by atoms with Crippen molar-refractivity contribution in [1.82, 2.24) is 9.55 Å². The Morgan fingerprint density at radius 3 is 1.95 bits per heavy atom. The van der Waals surface area contributed by atoms with Crippen LogP contribution in [0.5, 0.6) is 0 Å². The van der Waals surface area contributed by atoms with Gasteiger partial charge >= 0.3 is 5.69 Å². The summed E-state index contributed by atoms with van der Waals surface area (Å²) in [6.07, 6.45) is -6.32. The highest BCUT2D eigenvalue weighted by Gasteiger charge is 2.79. The number of ketones is 4. The van der Waals surface area contributed by atoms with Gasteiger partial charge in [0.05, 0.1) is 0 Å². The molecule has 1 aliphatic heterocycles. The Hall–Kier alpha value is -3.95. The molecule has 14 nitrogen and oxygen atoms in total. The monoisotopic (exact) mass is 545 g/mol. The van der Waals surface area contributed by atoms with Gasteiger partial charge in [-0.15, -0.1) is 0 Å². The van der Waals surface area contributed by atoms with E-state index in [0.717, 1.165) is 19.2 Å². The average Bonchev–Trinajstić information content (AvgIpc) is 2.87. The number of rotatable bonds is 8. The highest BCUT2D eigenvalue weighted by atomic mass is 16.6. The maximum atomic E-state index is 13.0. The Kier molecular flexibility index (Phi) is 7.83. The van der Waals surface area contributed by atoms with Crippen LogP contribution < -0.4 is 11.0 Å². The second kappa shape index (κ2) is 10.3. The Labute approximate surface area is 220 Å². The fraction of sp³-hybridized carbons (Fsp3) is 0.400. The summed E-state index contributed by atoms with van der Waals surface area (Å²) in [6.45, 7) is 2.86. The minimum absolute atomic E-state index is 0.237. The number of anilines is 1. The zero-order valence-corrected chi connectivity index (χ0v) is 21.3. The zero-order valence-electron chi connectivity index (χ0n) is 21.3. The van der Waals surface area contributed by atoms with Crippen LogP contribution in [0.3, 0.4) is 0 Å². The van der Waals surface area contributed by atoms with Gasteiger partial charge in [0.25, 0.3) is 5.91 Å². The average molecular weight is 546 g/mol. The summed E-state index contributed by atoms with van der Waals surface area (Å²) in [5.41, 5.74) is -11.8. The van der Waals surface area contributed by atoms with E-state index in [2.05, 4.69) is 10.3 Å². The first-order chi connectivity index (χ1) is 18.0. The molecule has 1 fully saturated rings. The number of ether oxygens (including phenoxy) is 1. The van der Waals surface area contributed by atoms with E-state index >= 15 is 0 Å². The van der Waals surface area contributed by atoms with Crippen LogP contribution in [0, 0.1) is 0 Å². The van der Waals surface area contributed by atoms with Crippen LogP contribution in [-0.2, 0) is 23.9 Å². The van der Waals surface area contributed by atoms with E-state index in [0.29, 0.717) is 25.3 Å². The molecule has 1 aromatic carbocycles. The quantitative estimate of drug-likeness (QED) is 0.250. The largest absolute Gasteiger partial charge is 0.382 e. The molecule has 0 saturated carbocycles. The summed E-state index contributed by atoms with van der Waals surface area (Å²) in [5, 5.41) is 47.4. The first-order valence-corrected chi connectivity index (χ1v) is 11.5. The number of nitrogens with one attached hydrogen (secondary N) is 1. The van der Waals surface area contributed by atoms with Crippen molar-refractivity contribution in [2.24, 2.45) is 0 Å². The van der Waals surface area contributed by atoms with Crippen LogP contribution in [-0.4, -0.2) is 88.0 Å². The molecule has 14 heteroatoms. The van der Waals surface area contributed by atoms with E-state index < -0.39 is 70.0 Å². The number of aliphatic hydroxyl groups excluding tert-OH is 1. The molecular weight excluding hydrogens is 518 g/mol. The molecule has 1 aliphatic rings. The molecule has 39 heavy (non-hydrogen) atoms. The van der Waals surface area contributed by atoms with Crippen molar-refractivity contribution < 1.29 is 49.1 Å². The lowest BCUT2D eigenvalue weighted by Crippen LogP contribution is -2.86. The standard InChI is InChI=1S/C25H27N3O11/c1-12(29)18(33)19-23(36,13(2)30)25(38,15(4)32)24(37,14(3)31)21(39-19)28-11-10-17(27-22(28)35)26-20(34)16-8-6-5-7-9-16/h5-11,18-19,21,33,36-38H,1-4H3,(H,26,27,34,35)/t18?,19-,21-,23-,24+,25+/m1/s1. The summed E-state index contributed by atoms with van der Waals surface area (Å²) in [7, 11) is 0. The Morgan fingerprint density at radius 2 is 1.49 bits per heavy atom. The molecule has 1 unspecified atom stereocenters. The van der Waals surface area contributed by atoms with Crippen LogP contribution in [0.1, 0.15) is 44.3 Å². The molecule has 2 heterocycles. The molecule has 0 spiro atoms. The number of carbonyl (C=O) groups is 5. The molecule has 0 aliphatic carbocycles. The predicted molar refractivity (Wildman–Crippen MR) is 130 cm³/mol. The van der Waals surface area contributed by atoms with Crippen LogP contribution in [0.15, 0.2) is 47.4 Å². The number of Topliss-reactive ketones (excluding diaryl/α,β-unsaturated/α-hetero) is 4. The van der Waals surface area contributed by atoms with Crippen molar-refractivity contribution in [3.63, 3.8) is 0 Å². The molecule has 1 saturated heterocycles. The minimum atomic E-state index is -3.72. The maximum absolute atomic E-state index is 13.0. The zero-order chi connectivity index (χ0) is 29.5. The fourth-order valence-corrected chi connectivity index (χ4v) is 4.65. The van der Waals surface area contributed by atoms with Crippen molar-refractivity contribution >= 4 is 34.9 Å². The lowest BCUT2D eigenvalue weighted by atomic mass is 9.59. The van der Waals surface area contributed by atoms with Gasteiger partial charge in [-0.25, -0.2) is 4.79 Å². The number of amides is 1. The molecule has 5 N–H and O–H groups in total. The van der Waals surface area contributed by atoms with Gasteiger partial charge < -0.3 is 30.5 Å². The molecule has 2 aromatic rings. The molecule has 1 aromatic heterocycles. The van der Waals surface area contributed by atoms with Gasteiger partial charge in [0.2, 0.25) is 11.2 Å². The summed E-state index contributed by atoms with van der Waals surface area (Å²) in [4.78, 5) is 79.5. The number of benzene rings is 1. The smallest absolute Gasteiger partial charge is 0.351 e. The number of carbonyl (C=O) groups excluding carboxylic acids is 5. The molecule has 0 bridgehead atoms. The van der Waals surface area contributed by atoms with Gasteiger partial charge in [-0.3, -0.25) is 28.5 Å². The van der Waals surface area contributed by atoms with Crippen LogP contribution >= 0.6 is 0 Å². The van der Waals surface area contributed by atoms with Crippen molar-refractivity contribution in [2.75, 3.05) is 5.32 Å². The third kappa shape index (κ3) is 4.41. The molecule has 6 atom stereocenters. The minimum Gasteiger partial charge on any atom is -0.382 e. The Bertz CT molecular complexity index is 1410. The van der Waals surface area contributed by atoms with E-state index in [1.54, 1.807) is 18.2 Å². The van der Waals surface area contributed by atoms with Crippen molar-refractivity contribution in [1.29, 1.82) is 0 Å². The fourth-order valence-electron chi connectivity index (χ4n) is 4.65. The van der Waals surface area contributed by atoms with Crippen LogP contribution in [0.25, 0.3) is 0 Å². The third-order valence-electron chi connectivity index (χ3n) is 6.79. The number of hydrogen-bond acceptors (Lipinski definition) is 12. The van der Waals surface area contributed by atoms with Gasteiger partial charge in [-0.05, 0) is 45.9 Å². The number of hydrogen-bond donors (Lipinski definition) is 5. The van der Waals surface area contributed by atoms with E-state index in [1.165, 1.54) is 12.1 Å². The Morgan fingerprint density at radius 1 is 0.923 bits per heavy atom. The third-order valence-corrected chi connectivity index (χ3v) is 6.79. The molecule has 208 valence electrons. The maximum Gasteiger partial charge on any atom is 0.351 e. The normalized spacial score (nSPS) is 29.2. The molecular formula is C25H27N3O11. The van der Waals surface area contributed by atoms with Gasteiger partial charge in [0, 0.05) is 11.8 Å². The van der Waals surface area contributed by atoms with Gasteiger partial charge in [-0.2, -0.15) is 4.98 Å². The second-order valence-corrected chi connectivity index (χ2v) is 9.20. The molecule has 0 radical (unpaired) electrons. The van der Waals surface area contributed by atoms with Crippen molar-refractivity contribution in [2.45, 2.75) is 62.9 Å². The van der Waals surface area contributed by atoms with E-state index in [9.17, 15) is 49.2 Å². The van der Waals surface area contributed by atoms with Gasteiger partial charge in [0.1, 0.15) is 18.0 Å². The van der Waals surface area contributed by atoms with E-state index in [1.807, 2.05) is 0 Å². The van der Waals surface area contributed by atoms with E-state index in [4.69, 9.17) is 4.74 Å². The predicted octanol–water partition coefficient (Wildman–Crippen LogP) is -1.70. The van der Waals surface area contributed by atoms with Gasteiger partial charge in [0.15, 0.2) is 35.0 Å². The van der Waals surface area contributed by atoms with E-state index in [-0.39, 0.29) is 11.4 Å². The summed E-state index contributed by atoms with van der Waals surface area (Å²) < 4.78 is 5.91. The lowest BCUT2D eigenvalue weighted by Gasteiger charge is -2.58. The number of aliphatic hydroxyl groups is 4. The first kappa shape index (κ1) is 29.6. The Balaban J connectivity index is 2.21. The number of aromatic nitrogens is 2. The second-order valence-electron chi connectivity index (χ2n) is 9.20. The molecule has 1 amide bonds. The lowest BCUT2D eigenvalue weighted by molar-refractivity contribution is -0.343. The highest BCUT2D eigenvalue weighted by molar-refractivity contribution is 6.06. The van der Waals surface area contributed by atoms with Crippen molar-refractivity contribution in [3.8, 4) is 0 Å². The topological polar surface area (TPSA) is 222 Å². The van der Waals surface area contributed by atoms with Crippen LogP contribution in [0.2, 0.25) is 0 Å². The summed E-state index contributed by atoms with van der Waals surface area (Å²) in [5.74, 6) is -6.35. The first-order valence-electron chi connectivity index (χ1n) is 11.5. The number of nitrogens with zero attached hydrogens (tertiary/aromatic N) is 2. The summed E-state index contributed by atoms with van der Waals surface area (Å²) >= 11 is 0. The van der Waals surface area contributed by atoms with Crippen LogP contribution in [0.4, 0.5) is 5.82 Å². The van der Waals surface area contributed by atoms with Crippen molar-refractivity contribution in [3.05, 3.63) is 58.6 Å². The SMILES string of the molecule is CC(=O)C(O)[C@H]1O[C@@H](n2ccc(NC(=O)c3ccccc3)nc2=O)[C@@](O)(C(C)=O)[C@](O)(C(C)=O)[C@@]1(O)C(C)=O. The summed E-state index contributed by atoms with van der Waals surface area (Å²) in [6, 6.07) is 8.95. The highest BCUT2D eigenvalue weighted by Crippen LogP contribution is 2.50. The molecule has 3 rings (SSSR count).